The lowest BCUT2D eigenvalue weighted by Gasteiger charge is -2.33. The number of hydrogen-bond acceptors (Lipinski definition) is 2. The first-order valence-electron chi connectivity index (χ1n) is 8.49. The fraction of sp³-hybridized carbons (Fsp3) is 1.00. The van der Waals surface area contributed by atoms with E-state index in [1.165, 1.54) is 71.1 Å². The molecule has 1 saturated carbocycles. The molecule has 1 saturated heterocycles. The Balaban J connectivity index is 1.70. The van der Waals surface area contributed by atoms with Gasteiger partial charge < -0.3 is 10.2 Å². The molecule has 0 amide bonds. The largest absolute Gasteiger partial charge is 0.316 e. The van der Waals surface area contributed by atoms with Crippen LogP contribution in [-0.4, -0.2) is 38.1 Å². The van der Waals surface area contributed by atoms with E-state index in [9.17, 15) is 0 Å². The maximum Gasteiger partial charge on any atom is 0.000802 e. The first-order chi connectivity index (χ1) is 9.10. The third-order valence-electron chi connectivity index (χ3n) is 5.28. The zero-order valence-corrected chi connectivity index (χ0v) is 13.4. The molecule has 0 atom stereocenters. The molecule has 0 spiro atoms. The Labute approximate surface area is 120 Å². The zero-order valence-electron chi connectivity index (χ0n) is 13.4. The predicted octanol–water partition coefficient (Wildman–Crippen LogP) is 3.52. The Morgan fingerprint density at radius 3 is 2.37 bits per heavy atom. The summed E-state index contributed by atoms with van der Waals surface area (Å²) in [5.74, 6) is 1.77. The quantitative estimate of drug-likeness (QED) is 0.791. The van der Waals surface area contributed by atoms with Gasteiger partial charge in [0, 0.05) is 6.54 Å². The third kappa shape index (κ3) is 4.75. The average molecular weight is 266 g/mol. The van der Waals surface area contributed by atoms with Crippen LogP contribution in [0.1, 0.15) is 58.8 Å². The minimum absolute atomic E-state index is 0.639. The summed E-state index contributed by atoms with van der Waals surface area (Å²) >= 11 is 0. The fourth-order valence-corrected chi connectivity index (χ4v) is 4.25. The van der Waals surface area contributed by atoms with Crippen molar-refractivity contribution in [1.82, 2.24) is 10.2 Å². The normalized spacial score (nSPS) is 25.3. The number of nitrogens with one attached hydrogen (secondary N) is 1. The average Bonchev–Trinajstić information content (AvgIpc) is 2.79. The molecule has 2 fully saturated rings. The summed E-state index contributed by atoms with van der Waals surface area (Å²) in [6, 6.07) is 0. The first kappa shape index (κ1) is 15.3. The minimum atomic E-state index is 0.639. The van der Waals surface area contributed by atoms with Crippen LogP contribution in [0.15, 0.2) is 0 Å². The summed E-state index contributed by atoms with van der Waals surface area (Å²) in [6.45, 7) is 9.90. The second-order valence-electron chi connectivity index (χ2n) is 7.68. The van der Waals surface area contributed by atoms with E-state index in [0.717, 1.165) is 11.8 Å². The highest BCUT2D eigenvalue weighted by Crippen LogP contribution is 2.42. The van der Waals surface area contributed by atoms with Gasteiger partial charge in [0.15, 0.2) is 0 Å². The predicted molar refractivity (Wildman–Crippen MR) is 83.4 cm³/mol. The van der Waals surface area contributed by atoms with Crippen LogP contribution in [0.2, 0.25) is 0 Å². The molecule has 1 N–H and O–H groups in total. The van der Waals surface area contributed by atoms with Crippen molar-refractivity contribution in [1.29, 1.82) is 0 Å². The van der Waals surface area contributed by atoms with E-state index in [2.05, 4.69) is 31.1 Å². The van der Waals surface area contributed by atoms with E-state index in [0.29, 0.717) is 5.41 Å². The smallest absolute Gasteiger partial charge is 0.000802 e. The Hall–Kier alpha value is -0.0800. The Morgan fingerprint density at radius 1 is 1.16 bits per heavy atom. The molecule has 0 radical (unpaired) electrons. The molecule has 2 aliphatic rings. The van der Waals surface area contributed by atoms with Crippen molar-refractivity contribution >= 4 is 0 Å². The summed E-state index contributed by atoms with van der Waals surface area (Å²) in [5, 5.41) is 3.84. The van der Waals surface area contributed by atoms with Gasteiger partial charge in [-0.25, -0.2) is 0 Å². The lowest BCUT2D eigenvalue weighted by atomic mass is 9.78. The lowest BCUT2D eigenvalue weighted by molar-refractivity contribution is 0.193. The molecule has 2 rings (SSSR count). The van der Waals surface area contributed by atoms with E-state index >= 15 is 0 Å². The van der Waals surface area contributed by atoms with E-state index in [4.69, 9.17) is 0 Å². The fourth-order valence-electron chi connectivity index (χ4n) is 4.25. The molecular formula is C17H34N2. The molecule has 1 heterocycles. The van der Waals surface area contributed by atoms with Crippen molar-refractivity contribution in [3.05, 3.63) is 0 Å². The second-order valence-corrected chi connectivity index (χ2v) is 7.68. The lowest BCUT2D eigenvalue weighted by Crippen LogP contribution is -2.39. The van der Waals surface area contributed by atoms with Gasteiger partial charge in [-0.1, -0.05) is 26.7 Å². The molecule has 0 aromatic carbocycles. The molecule has 112 valence electrons. The van der Waals surface area contributed by atoms with E-state index in [-0.39, 0.29) is 0 Å². The summed E-state index contributed by atoms with van der Waals surface area (Å²) < 4.78 is 0. The SMILES string of the molecule is CC(C)CC1(CNCC2CCN(C)CC2)CCCC1. The van der Waals surface area contributed by atoms with Gasteiger partial charge in [-0.2, -0.15) is 0 Å². The highest BCUT2D eigenvalue weighted by atomic mass is 15.1. The van der Waals surface area contributed by atoms with Crippen LogP contribution >= 0.6 is 0 Å². The second kappa shape index (κ2) is 7.08. The van der Waals surface area contributed by atoms with Crippen molar-refractivity contribution in [2.24, 2.45) is 17.3 Å². The molecule has 0 bridgehead atoms. The van der Waals surface area contributed by atoms with Gasteiger partial charge in [0.25, 0.3) is 0 Å². The zero-order chi connectivity index (χ0) is 13.7. The number of nitrogens with zero attached hydrogens (tertiary/aromatic N) is 1. The number of rotatable bonds is 6. The molecule has 0 unspecified atom stereocenters. The highest BCUT2D eigenvalue weighted by molar-refractivity contribution is 4.88. The van der Waals surface area contributed by atoms with E-state index in [1.807, 2.05) is 0 Å². The maximum absolute atomic E-state index is 3.84. The number of piperidine rings is 1. The van der Waals surface area contributed by atoms with Gasteiger partial charge in [-0.3, -0.25) is 0 Å². The van der Waals surface area contributed by atoms with Gasteiger partial charge in [-0.05, 0) is 76.0 Å². The third-order valence-corrected chi connectivity index (χ3v) is 5.28. The molecular weight excluding hydrogens is 232 g/mol. The molecule has 1 aliphatic heterocycles. The van der Waals surface area contributed by atoms with Crippen molar-refractivity contribution in [3.63, 3.8) is 0 Å². The monoisotopic (exact) mass is 266 g/mol. The summed E-state index contributed by atoms with van der Waals surface area (Å²) in [7, 11) is 2.25. The van der Waals surface area contributed by atoms with Crippen molar-refractivity contribution in [2.45, 2.75) is 58.8 Å². The maximum atomic E-state index is 3.84. The molecule has 0 aromatic heterocycles. The van der Waals surface area contributed by atoms with Gasteiger partial charge in [0.2, 0.25) is 0 Å². The Bertz CT molecular complexity index is 248. The number of likely N-dealkylation sites (tertiary alicyclic amines) is 1. The van der Waals surface area contributed by atoms with Crippen molar-refractivity contribution in [3.8, 4) is 0 Å². The molecule has 2 nitrogen and oxygen atoms in total. The summed E-state index contributed by atoms with van der Waals surface area (Å²) in [6.07, 6.45) is 10.1. The van der Waals surface area contributed by atoms with Crippen molar-refractivity contribution in [2.75, 3.05) is 33.2 Å². The van der Waals surface area contributed by atoms with Gasteiger partial charge in [0.05, 0.1) is 0 Å². The highest BCUT2D eigenvalue weighted by Gasteiger charge is 2.34. The standard InChI is InChI=1S/C17H34N2/c1-15(2)12-17(8-4-5-9-17)14-18-13-16-6-10-19(3)11-7-16/h15-16,18H,4-14H2,1-3H3. The molecule has 2 heteroatoms. The topological polar surface area (TPSA) is 15.3 Å². The van der Waals surface area contributed by atoms with Crippen LogP contribution in [0.3, 0.4) is 0 Å². The van der Waals surface area contributed by atoms with Crippen molar-refractivity contribution < 1.29 is 0 Å². The summed E-state index contributed by atoms with van der Waals surface area (Å²) in [5.41, 5.74) is 0.639. The molecule has 1 aliphatic carbocycles. The molecule has 0 aromatic rings. The van der Waals surface area contributed by atoms with Crippen LogP contribution in [0.25, 0.3) is 0 Å². The van der Waals surface area contributed by atoms with E-state index in [1.54, 1.807) is 0 Å². The molecule has 19 heavy (non-hydrogen) atoms. The van der Waals surface area contributed by atoms with Crippen LogP contribution < -0.4 is 5.32 Å². The van der Waals surface area contributed by atoms with Crippen LogP contribution in [0.4, 0.5) is 0 Å². The van der Waals surface area contributed by atoms with E-state index < -0.39 is 0 Å². The van der Waals surface area contributed by atoms with Crippen LogP contribution in [-0.2, 0) is 0 Å². The van der Waals surface area contributed by atoms with Crippen LogP contribution in [0.5, 0.6) is 0 Å². The van der Waals surface area contributed by atoms with Gasteiger partial charge >= 0.3 is 0 Å². The van der Waals surface area contributed by atoms with Gasteiger partial charge in [0.1, 0.15) is 0 Å². The van der Waals surface area contributed by atoms with Gasteiger partial charge in [-0.15, -0.1) is 0 Å². The minimum Gasteiger partial charge on any atom is -0.316 e. The first-order valence-corrected chi connectivity index (χ1v) is 8.49. The Morgan fingerprint density at radius 2 is 1.79 bits per heavy atom. The van der Waals surface area contributed by atoms with Crippen LogP contribution in [0, 0.1) is 17.3 Å². The number of hydrogen-bond donors (Lipinski definition) is 1. The Kier molecular flexibility index (Phi) is 5.70. The summed E-state index contributed by atoms with van der Waals surface area (Å²) in [4.78, 5) is 2.47.